The van der Waals surface area contributed by atoms with Gasteiger partial charge in [-0.05, 0) is 45.0 Å². The molecule has 1 aromatic carbocycles. The summed E-state index contributed by atoms with van der Waals surface area (Å²) < 4.78 is 7.89. The van der Waals surface area contributed by atoms with E-state index >= 15 is 0 Å². The van der Waals surface area contributed by atoms with E-state index in [0.29, 0.717) is 30.6 Å². The minimum absolute atomic E-state index is 0.220. The summed E-state index contributed by atoms with van der Waals surface area (Å²) in [6.07, 6.45) is 0.770. The number of fused-ring (bicyclic) bond motifs is 1. The molecule has 1 aliphatic heterocycles. The summed E-state index contributed by atoms with van der Waals surface area (Å²) in [6.45, 7) is 4.88. The highest BCUT2D eigenvalue weighted by Gasteiger charge is 2.23. The lowest BCUT2D eigenvalue weighted by molar-refractivity contribution is -0.148. The standard InChI is InChI=1S/C21H28N4O4/c1-13(2)29-20(27)17(22)11-14-5-7-15(8-6-14)25-19(26)16-12-23(3)10-9-18(16)24(4)21(25)28/h5-8,13,17H,9-12,22H2,1-4H3. The predicted octanol–water partition coefficient (Wildman–Crippen LogP) is 0.346. The van der Waals surface area contributed by atoms with Crippen LogP contribution in [0.1, 0.15) is 30.7 Å². The molecule has 0 bridgehead atoms. The van der Waals surface area contributed by atoms with E-state index in [1.165, 1.54) is 4.57 Å². The molecule has 1 aliphatic rings. The Labute approximate surface area is 169 Å². The molecule has 8 nitrogen and oxygen atoms in total. The first-order valence-electron chi connectivity index (χ1n) is 9.76. The topological polar surface area (TPSA) is 99.6 Å². The van der Waals surface area contributed by atoms with Crippen molar-refractivity contribution in [2.45, 2.75) is 45.4 Å². The van der Waals surface area contributed by atoms with Crippen molar-refractivity contribution in [2.24, 2.45) is 12.8 Å². The third-order valence-corrected chi connectivity index (χ3v) is 5.16. The number of nitrogens with two attached hydrogens (primary N) is 1. The number of hydrogen-bond donors (Lipinski definition) is 1. The van der Waals surface area contributed by atoms with Gasteiger partial charge in [0.25, 0.3) is 5.56 Å². The fraction of sp³-hybridized carbons (Fsp3) is 0.476. The van der Waals surface area contributed by atoms with Crippen molar-refractivity contribution in [1.82, 2.24) is 14.0 Å². The first-order valence-corrected chi connectivity index (χ1v) is 9.76. The highest BCUT2D eigenvalue weighted by atomic mass is 16.5. The van der Waals surface area contributed by atoms with Gasteiger partial charge in [-0.3, -0.25) is 14.2 Å². The lowest BCUT2D eigenvalue weighted by Crippen LogP contribution is -2.45. The minimum Gasteiger partial charge on any atom is -0.462 e. The van der Waals surface area contributed by atoms with E-state index in [1.54, 1.807) is 49.7 Å². The highest BCUT2D eigenvalue weighted by Crippen LogP contribution is 2.14. The number of aromatic nitrogens is 2. The average Bonchev–Trinajstić information content (AvgIpc) is 2.67. The summed E-state index contributed by atoms with van der Waals surface area (Å²) in [5.74, 6) is -0.451. The molecule has 2 aromatic rings. The normalized spacial score (nSPS) is 15.2. The molecule has 8 heteroatoms. The summed E-state index contributed by atoms with van der Waals surface area (Å²) >= 11 is 0. The summed E-state index contributed by atoms with van der Waals surface area (Å²) in [5, 5.41) is 0. The molecule has 29 heavy (non-hydrogen) atoms. The van der Waals surface area contributed by atoms with Crippen LogP contribution in [-0.4, -0.2) is 45.7 Å². The summed E-state index contributed by atoms with van der Waals surface area (Å²) in [6, 6.07) is 6.19. The SMILES string of the molecule is CC(C)OC(=O)C(N)Cc1ccc(-n2c(=O)c3c(n(C)c2=O)CCN(C)C3)cc1. The fourth-order valence-corrected chi connectivity index (χ4v) is 3.60. The Morgan fingerprint density at radius 2 is 1.83 bits per heavy atom. The Morgan fingerprint density at radius 1 is 1.17 bits per heavy atom. The van der Waals surface area contributed by atoms with E-state index in [1.807, 2.05) is 7.05 Å². The number of rotatable bonds is 5. The van der Waals surface area contributed by atoms with Gasteiger partial charge in [-0.1, -0.05) is 12.1 Å². The molecule has 3 rings (SSSR count). The van der Waals surface area contributed by atoms with Gasteiger partial charge in [0, 0.05) is 32.3 Å². The van der Waals surface area contributed by atoms with Crippen LogP contribution in [0, 0.1) is 0 Å². The average molecular weight is 400 g/mol. The maximum atomic E-state index is 13.0. The van der Waals surface area contributed by atoms with Crippen molar-refractivity contribution < 1.29 is 9.53 Å². The molecule has 0 radical (unpaired) electrons. The van der Waals surface area contributed by atoms with Crippen LogP contribution in [0.25, 0.3) is 5.69 Å². The molecule has 0 fully saturated rings. The minimum atomic E-state index is -0.766. The van der Waals surface area contributed by atoms with Gasteiger partial charge in [0.05, 0.1) is 17.4 Å². The van der Waals surface area contributed by atoms with E-state index in [0.717, 1.165) is 17.8 Å². The number of carbonyl (C=O) groups is 1. The number of likely N-dealkylation sites (N-methyl/N-ethyl adjacent to an activating group) is 1. The highest BCUT2D eigenvalue weighted by molar-refractivity contribution is 5.76. The molecular formula is C21H28N4O4. The Hall–Kier alpha value is -2.71. The molecule has 0 spiro atoms. The van der Waals surface area contributed by atoms with Crippen molar-refractivity contribution >= 4 is 5.97 Å². The van der Waals surface area contributed by atoms with Crippen LogP contribution in [0.15, 0.2) is 33.9 Å². The van der Waals surface area contributed by atoms with E-state index in [2.05, 4.69) is 4.90 Å². The second kappa shape index (κ2) is 8.34. The van der Waals surface area contributed by atoms with Crippen LogP contribution in [0.3, 0.4) is 0 Å². The zero-order valence-corrected chi connectivity index (χ0v) is 17.3. The molecule has 2 N–H and O–H groups in total. The molecular weight excluding hydrogens is 372 g/mol. The lowest BCUT2D eigenvalue weighted by Gasteiger charge is -2.26. The Morgan fingerprint density at radius 3 is 2.45 bits per heavy atom. The number of ether oxygens (including phenoxy) is 1. The summed E-state index contributed by atoms with van der Waals surface area (Å²) in [4.78, 5) is 39.8. The molecule has 0 aliphatic carbocycles. The van der Waals surface area contributed by atoms with Crippen molar-refractivity contribution in [3.63, 3.8) is 0 Å². The summed E-state index contributed by atoms with van der Waals surface area (Å²) in [7, 11) is 3.66. The van der Waals surface area contributed by atoms with Gasteiger partial charge in [-0.2, -0.15) is 0 Å². The van der Waals surface area contributed by atoms with Gasteiger partial charge in [-0.25, -0.2) is 9.36 Å². The van der Waals surface area contributed by atoms with Gasteiger partial charge in [-0.15, -0.1) is 0 Å². The van der Waals surface area contributed by atoms with Crippen LogP contribution >= 0.6 is 0 Å². The van der Waals surface area contributed by atoms with Crippen LogP contribution in [0.2, 0.25) is 0 Å². The van der Waals surface area contributed by atoms with Crippen molar-refractivity contribution in [3.8, 4) is 5.69 Å². The number of carbonyl (C=O) groups excluding carboxylic acids is 1. The quantitative estimate of drug-likeness (QED) is 0.727. The maximum Gasteiger partial charge on any atom is 0.335 e. The van der Waals surface area contributed by atoms with E-state index < -0.39 is 12.0 Å². The molecule has 0 saturated carbocycles. The first kappa shape index (κ1) is 21.0. The van der Waals surface area contributed by atoms with Crippen LogP contribution in [-0.2, 0) is 36.0 Å². The Kier molecular flexibility index (Phi) is 6.04. The van der Waals surface area contributed by atoms with Gasteiger partial charge >= 0.3 is 11.7 Å². The monoisotopic (exact) mass is 400 g/mol. The van der Waals surface area contributed by atoms with E-state index in [9.17, 15) is 14.4 Å². The number of nitrogens with zero attached hydrogens (tertiary/aromatic N) is 3. The van der Waals surface area contributed by atoms with Gasteiger partial charge in [0.2, 0.25) is 0 Å². The molecule has 2 heterocycles. The second-order valence-electron chi connectivity index (χ2n) is 7.86. The third kappa shape index (κ3) is 4.33. The fourth-order valence-electron chi connectivity index (χ4n) is 3.60. The zero-order chi connectivity index (χ0) is 21.3. The van der Waals surface area contributed by atoms with E-state index in [4.69, 9.17) is 10.5 Å². The predicted molar refractivity (Wildman–Crippen MR) is 110 cm³/mol. The Bertz CT molecular complexity index is 1020. The van der Waals surface area contributed by atoms with Crippen molar-refractivity contribution in [3.05, 3.63) is 61.9 Å². The molecule has 1 aromatic heterocycles. The number of esters is 1. The first-order chi connectivity index (χ1) is 13.7. The molecule has 1 unspecified atom stereocenters. The van der Waals surface area contributed by atoms with Crippen LogP contribution in [0.4, 0.5) is 0 Å². The van der Waals surface area contributed by atoms with Crippen LogP contribution in [0.5, 0.6) is 0 Å². The molecule has 0 saturated heterocycles. The van der Waals surface area contributed by atoms with Gasteiger partial charge in [0.15, 0.2) is 0 Å². The second-order valence-corrected chi connectivity index (χ2v) is 7.86. The number of benzene rings is 1. The van der Waals surface area contributed by atoms with E-state index in [-0.39, 0.29) is 17.4 Å². The largest absolute Gasteiger partial charge is 0.462 e. The molecule has 156 valence electrons. The van der Waals surface area contributed by atoms with Gasteiger partial charge < -0.3 is 15.4 Å². The zero-order valence-electron chi connectivity index (χ0n) is 17.3. The molecule has 1 atom stereocenters. The molecule has 0 amide bonds. The Balaban J connectivity index is 1.90. The maximum absolute atomic E-state index is 13.0. The summed E-state index contributed by atoms with van der Waals surface area (Å²) in [5.41, 5.74) is 8.06. The number of hydrogen-bond acceptors (Lipinski definition) is 6. The van der Waals surface area contributed by atoms with Crippen molar-refractivity contribution in [2.75, 3.05) is 13.6 Å². The smallest absolute Gasteiger partial charge is 0.335 e. The van der Waals surface area contributed by atoms with Crippen molar-refractivity contribution in [1.29, 1.82) is 0 Å². The van der Waals surface area contributed by atoms with Gasteiger partial charge in [0.1, 0.15) is 6.04 Å². The lowest BCUT2D eigenvalue weighted by atomic mass is 10.1. The third-order valence-electron chi connectivity index (χ3n) is 5.16. The van der Waals surface area contributed by atoms with Crippen LogP contribution < -0.4 is 17.0 Å².